The van der Waals surface area contributed by atoms with Crippen molar-refractivity contribution < 1.29 is 9.59 Å². The molecule has 5 rings (SSSR count). The molecule has 0 radical (unpaired) electrons. The molecular weight excluding hydrogens is 386 g/mol. The Labute approximate surface area is 183 Å². The van der Waals surface area contributed by atoms with E-state index in [1.165, 1.54) is 5.39 Å². The maximum atomic E-state index is 13.1. The number of hydrogen-bond acceptors (Lipinski definition) is 2. The zero-order valence-electron chi connectivity index (χ0n) is 18.2. The number of hydrogen-bond donors (Lipinski definition) is 1. The fourth-order valence-electron chi connectivity index (χ4n) is 4.76. The Bertz CT molecular complexity index is 1140. The molecule has 1 N–H and O–H groups in total. The van der Waals surface area contributed by atoms with Crippen LogP contribution in [0.25, 0.3) is 22.0 Å². The molecule has 1 saturated carbocycles. The molecule has 0 bridgehead atoms. The number of nitrogens with zero attached hydrogens (tertiary/aromatic N) is 2. The van der Waals surface area contributed by atoms with Gasteiger partial charge < -0.3 is 14.8 Å². The van der Waals surface area contributed by atoms with E-state index < -0.39 is 0 Å². The molecular formula is C26H29N3O2. The monoisotopic (exact) mass is 415 g/mol. The van der Waals surface area contributed by atoms with Gasteiger partial charge in [0.05, 0.1) is 0 Å². The van der Waals surface area contributed by atoms with Crippen LogP contribution in [-0.2, 0) is 4.79 Å². The first-order valence-electron chi connectivity index (χ1n) is 11.2. The van der Waals surface area contributed by atoms with E-state index in [0.29, 0.717) is 18.4 Å². The van der Waals surface area contributed by atoms with E-state index >= 15 is 0 Å². The summed E-state index contributed by atoms with van der Waals surface area (Å²) in [6.07, 6.45) is 5.03. The van der Waals surface area contributed by atoms with Gasteiger partial charge in [-0.3, -0.25) is 9.59 Å². The van der Waals surface area contributed by atoms with E-state index in [1.54, 1.807) is 0 Å². The Morgan fingerprint density at radius 3 is 2.61 bits per heavy atom. The predicted molar refractivity (Wildman–Crippen MR) is 123 cm³/mol. The first-order chi connectivity index (χ1) is 15.0. The van der Waals surface area contributed by atoms with Crippen molar-refractivity contribution in [3.63, 3.8) is 0 Å². The van der Waals surface area contributed by atoms with E-state index in [2.05, 4.69) is 35.3 Å². The molecule has 160 valence electrons. The number of benzene rings is 2. The number of H-pyrrole nitrogens is 1. The molecule has 2 aliphatic rings. The second-order valence-electron chi connectivity index (χ2n) is 9.21. The first kappa shape index (κ1) is 19.9. The minimum absolute atomic E-state index is 0.0529. The number of carbonyl (C=O) groups is 2. The average Bonchev–Trinajstić information content (AvgIpc) is 3.33. The van der Waals surface area contributed by atoms with Crippen LogP contribution in [0.2, 0.25) is 0 Å². The molecule has 31 heavy (non-hydrogen) atoms. The van der Waals surface area contributed by atoms with Crippen molar-refractivity contribution in [3.05, 3.63) is 59.8 Å². The average molecular weight is 416 g/mol. The standard InChI is InChI=1S/C26H29N3O2/c1-17-13-20(21-6-8-24-22(14-21)9-11-27-24)5-7-23(17)26(31)28(2)15-18-10-12-29(16-18)25(30)19-3-4-19/h5-9,11,13-14,18-19,27H,3-4,10,12,15-16H2,1-2H3/t18-/m0/s1. The molecule has 2 amide bonds. The number of aromatic nitrogens is 1. The topological polar surface area (TPSA) is 56.4 Å². The lowest BCUT2D eigenvalue weighted by Gasteiger charge is -2.23. The van der Waals surface area contributed by atoms with E-state index in [-0.39, 0.29) is 11.8 Å². The molecule has 1 aliphatic heterocycles. The van der Waals surface area contributed by atoms with E-state index in [0.717, 1.165) is 60.1 Å². The Hall–Kier alpha value is -3.08. The zero-order chi connectivity index (χ0) is 21.5. The highest BCUT2D eigenvalue weighted by atomic mass is 16.2. The summed E-state index contributed by atoms with van der Waals surface area (Å²) in [5.74, 6) is 1.01. The van der Waals surface area contributed by atoms with Crippen molar-refractivity contribution in [2.24, 2.45) is 11.8 Å². The fourth-order valence-corrected chi connectivity index (χ4v) is 4.76. The third kappa shape index (κ3) is 3.97. The van der Waals surface area contributed by atoms with Crippen molar-refractivity contribution in [1.29, 1.82) is 0 Å². The molecule has 2 heterocycles. The molecule has 2 aromatic carbocycles. The molecule has 2 fully saturated rings. The number of nitrogens with one attached hydrogen (secondary N) is 1. The molecule has 3 aromatic rings. The smallest absolute Gasteiger partial charge is 0.253 e. The second-order valence-corrected chi connectivity index (χ2v) is 9.21. The third-order valence-electron chi connectivity index (χ3n) is 6.75. The Morgan fingerprint density at radius 2 is 1.84 bits per heavy atom. The Kier molecular flexibility index (Phi) is 5.05. The van der Waals surface area contributed by atoms with Crippen molar-refractivity contribution in [1.82, 2.24) is 14.8 Å². The van der Waals surface area contributed by atoms with Crippen LogP contribution in [0.5, 0.6) is 0 Å². The van der Waals surface area contributed by atoms with Crippen molar-refractivity contribution in [3.8, 4) is 11.1 Å². The number of rotatable bonds is 5. The van der Waals surface area contributed by atoms with E-state index in [9.17, 15) is 9.59 Å². The summed E-state index contributed by atoms with van der Waals surface area (Å²) in [6.45, 7) is 4.32. The number of aromatic amines is 1. The molecule has 1 saturated heterocycles. The summed E-state index contributed by atoms with van der Waals surface area (Å²) in [6, 6.07) is 14.5. The van der Waals surface area contributed by atoms with Gasteiger partial charge >= 0.3 is 0 Å². The summed E-state index contributed by atoms with van der Waals surface area (Å²) < 4.78 is 0. The van der Waals surface area contributed by atoms with Crippen LogP contribution in [0.15, 0.2) is 48.7 Å². The Morgan fingerprint density at radius 1 is 1.06 bits per heavy atom. The number of carbonyl (C=O) groups excluding carboxylic acids is 2. The highest BCUT2D eigenvalue weighted by Gasteiger charge is 2.37. The van der Waals surface area contributed by atoms with Gasteiger partial charge in [0.1, 0.15) is 0 Å². The van der Waals surface area contributed by atoms with Crippen LogP contribution in [0, 0.1) is 18.8 Å². The quantitative estimate of drug-likeness (QED) is 0.668. The van der Waals surface area contributed by atoms with Crippen LogP contribution in [0.4, 0.5) is 0 Å². The van der Waals surface area contributed by atoms with Crippen LogP contribution >= 0.6 is 0 Å². The Balaban J connectivity index is 1.26. The van der Waals surface area contributed by atoms with Gasteiger partial charge in [0.25, 0.3) is 5.91 Å². The molecule has 5 heteroatoms. The first-order valence-corrected chi connectivity index (χ1v) is 11.2. The van der Waals surface area contributed by atoms with Gasteiger partial charge in [0.15, 0.2) is 0 Å². The van der Waals surface area contributed by atoms with Gasteiger partial charge in [-0.1, -0.05) is 18.2 Å². The summed E-state index contributed by atoms with van der Waals surface area (Å²) in [7, 11) is 1.88. The van der Waals surface area contributed by atoms with Crippen molar-refractivity contribution in [2.75, 3.05) is 26.7 Å². The van der Waals surface area contributed by atoms with Gasteiger partial charge in [-0.05, 0) is 78.4 Å². The maximum Gasteiger partial charge on any atom is 0.253 e. The van der Waals surface area contributed by atoms with E-state index in [1.807, 2.05) is 42.1 Å². The molecule has 1 aromatic heterocycles. The summed E-state index contributed by atoms with van der Waals surface area (Å²) in [4.78, 5) is 32.5. The summed E-state index contributed by atoms with van der Waals surface area (Å²) in [5, 5.41) is 1.18. The SMILES string of the molecule is Cc1cc(-c2ccc3[nH]ccc3c2)ccc1C(=O)N(C)C[C@@H]1CCN(C(=O)C2CC2)C1. The zero-order valence-corrected chi connectivity index (χ0v) is 18.2. The lowest BCUT2D eigenvalue weighted by atomic mass is 9.98. The van der Waals surface area contributed by atoms with Gasteiger partial charge in [-0.2, -0.15) is 0 Å². The minimum atomic E-state index is 0.0529. The molecule has 1 aliphatic carbocycles. The van der Waals surface area contributed by atoms with Crippen molar-refractivity contribution in [2.45, 2.75) is 26.2 Å². The number of amides is 2. The summed E-state index contributed by atoms with van der Waals surface area (Å²) >= 11 is 0. The molecule has 0 unspecified atom stereocenters. The van der Waals surface area contributed by atoms with Crippen LogP contribution in [0.1, 0.15) is 35.2 Å². The van der Waals surface area contributed by atoms with Crippen LogP contribution in [-0.4, -0.2) is 53.3 Å². The number of likely N-dealkylation sites (tertiary alicyclic amines) is 1. The van der Waals surface area contributed by atoms with Gasteiger partial charge in [0.2, 0.25) is 5.91 Å². The highest BCUT2D eigenvalue weighted by Crippen LogP contribution is 2.33. The second kappa shape index (κ2) is 7.88. The fraction of sp³-hybridized carbons (Fsp3) is 0.385. The molecule has 5 nitrogen and oxygen atoms in total. The van der Waals surface area contributed by atoms with Gasteiger partial charge in [-0.25, -0.2) is 0 Å². The van der Waals surface area contributed by atoms with Gasteiger partial charge in [-0.15, -0.1) is 0 Å². The minimum Gasteiger partial charge on any atom is -0.361 e. The predicted octanol–water partition coefficient (Wildman–Crippen LogP) is 4.47. The van der Waals surface area contributed by atoms with Crippen LogP contribution in [0.3, 0.4) is 0 Å². The molecule has 1 atom stereocenters. The highest BCUT2D eigenvalue weighted by molar-refractivity contribution is 5.96. The lowest BCUT2D eigenvalue weighted by Crippen LogP contribution is -2.35. The largest absolute Gasteiger partial charge is 0.361 e. The summed E-state index contributed by atoms with van der Waals surface area (Å²) in [5.41, 5.74) is 5.12. The maximum absolute atomic E-state index is 13.1. The van der Waals surface area contributed by atoms with Gasteiger partial charge in [0, 0.05) is 49.9 Å². The molecule has 0 spiro atoms. The number of fused-ring (bicyclic) bond motifs is 1. The van der Waals surface area contributed by atoms with E-state index in [4.69, 9.17) is 0 Å². The van der Waals surface area contributed by atoms with Crippen LogP contribution < -0.4 is 0 Å². The normalized spacial score (nSPS) is 18.5. The lowest BCUT2D eigenvalue weighted by molar-refractivity contribution is -0.131. The number of aryl methyl sites for hydroxylation is 1. The third-order valence-corrected chi connectivity index (χ3v) is 6.75. The van der Waals surface area contributed by atoms with Crippen molar-refractivity contribution >= 4 is 22.7 Å².